The molecular weight excluding hydrogens is 344 g/mol. The Balaban J connectivity index is 2.12. The average molecular weight is 362 g/mol. The molecule has 7 nitrogen and oxygen atoms in total. The number of aromatic nitrogens is 1. The number of rotatable bonds is 5. The minimum Gasteiger partial charge on any atom is -0.508 e. The summed E-state index contributed by atoms with van der Waals surface area (Å²) in [7, 11) is -3.90. The van der Waals surface area contributed by atoms with Crippen LogP contribution in [0.25, 0.3) is 11.1 Å². The first kappa shape index (κ1) is 17.1. The lowest BCUT2D eigenvalue weighted by atomic mass is 10.2. The maximum Gasteiger partial charge on any atom is 0.417 e. The third-order valence-electron chi connectivity index (χ3n) is 3.63. The van der Waals surface area contributed by atoms with Gasteiger partial charge in [0.2, 0.25) is 0 Å². The molecule has 0 aliphatic heterocycles. The number of oxazole rings is 1. The van der Waals surface area contributed by atoms with Crippen molar-refractivity contribution < 1.29 is 17.9 Å². The molecule has 0 saturated carbocycles. The first-order valence-corrected chi connectivity index (χ1v) is 9.16. The van der Waals surface area contributed by atoms with Crippen LogP contribution >= 0.6 is 0 Å². The van der Waals surface area contributed by atoms with Crippen LogP contribution in [0.2, 0.25) is 0 Å². The van der Waals surface area contributed by atoms with E-state index in [2.05, 4.69) is 4.98 Å². The third kappa shape index (κ3) is 3.39. The molecule has 0 radical (unpaired) electrons. The van der Waals surface area contributed by atoms with Crippen molar-refractivity contribution in [3.8, 4) is 5.75 Å². The molecule has 0 amide bonds. The zero-order valence-corrected chi connectivity index (χ0v) is 14.6. The van der Waals surface area contributed by atoms with E-state index in [0.29, 0.717) is 11.2 Å². The lowest BCUT2D eigenvalue weighted by Crippen LogP contribution is -2.34. The Hall–Kier alpha value is -2.74. The number of nitrogens with zero attached hydrogens (tertiary/aromatic N) is 1. The molecule has 132 valence electrons. The molecule has 0 bridgehead atoms. The van der Waals surface area contributed by atoms with Gasteiger partial charge in [0, 0.05) is 18.7 Å². The molecule has 0 atom stereocenters. The molecule has 25 heavy (non-hydrogen) atoms. The standard InChI is InChI=1S/C17H18N2O5S/c1-11(2)10-19(12-4-3-5-13(20)8-12)25(22,23)14-6-7-15-16(9-14)24-17(21)18-15/h3-9,11,20H,10H2,1-2H3,(H,18,21). The van der Waals surface area contributed by atoms with Crippen molar-refractivity contribution >= 4 is 26.8 Å². The van der Waals surface area contributed by atoms with Crippen molar-refractivity contribution in [2.24, 2.45) is 5.92 Å². The van der Waals surface area contributed by atoms with Gasteiger partial charge in [0.05, 0.1) is 16.1 Å². The number of anilines is 1. The Bertz CT molecular complexity index is 1070. The van der Waals surface area contributed by atoms with Gasteiger partial charge in [-0.25, -0.2) is 13.2 Å². The summed E-state index contributed by atoms with van der Waals surface area (Å²) < 4.78 is 32.5. The summed E-state index contributed by atoms with van der Waals surface area (Å²) in [5.41, 5.74) is 0.965. The highest BCUT2D eigenvalue weighted by Gasteiger charge is 2.26. The maximum absolute atomic E-state index is 13.1. The molecule has 0 spiro atoms. The van der Waals surface area contributed by atoms with Gasteiger partial charge in [0.25, 0.3) is 10.0 Å². The fourth-order valence-corrected chi connectivity index (χ4v) is 4.17. The van der Waals surface area contributed by atoms with Crippen molar-refractivity contribution in [2.45, 2.75) is 18.7 Å². The lowest BCUT2D eigenvalue weighted by Gasteiger charge is -2.26. The van der Waals surface area contributed by atoms with Gasteiger partial charge in [-0.05, 0) is 30.2 Å². The minimum absolute atomic E-state index is 0.00624. The molecule has 3 rings (SSSR count). The summed E-state index contributed by atoms with van der Waals surface area (Å²) in [4.78, 5) is 13.8. The second-order valence-electron chi connectivity index (χ2n) is 6.12. The van der Waals surface area contributed by atoms with Gasteiger partial charge in [0.15, 0.2) is 5.58 Å². The van der Waals surface area contributed by atoms with Crippen LogP contribution in [0, 0.1) is 5.92 Å². The summed E-state index contributed by atoms with van der Waals surface area (Å²) in [6.07, 6.45) is 0. The maximum atomic E-state index is 13.1. The Labute approximate surface area is 144 Å². The highest BCUT2D eigenvalue weighted by molar-refractivity contribution is 7.92. The summed E-state index contributed by atoms with van der Waals surface area (Å²) >= 11 is 0. The largest absolute Gasteiger partial charge is 0.508 e. The van der Waals surface area contributed by atoms with Gasteiger partial charge in [-0.1, -0.05) is 19.9 Å². The highest BCUT2D eigenvalue weighted by atomic mass is 32.2. The first-order valence-electron chi connectivity index (χ1n) is 7.72. The van der Waals surface area contributed by atoms with Crippen LogP contribution in [0.4, 0.5) is 5.69 Å². The Morgan fingerprint density at radius 3 is 2.64 bits per heavy atom. The van der Waals surface area contributed by atoms with E-state index < -0.39 is 15.8 Å². The van der Waals surface area contributed by atoms with Crippen LogP contribution in [-0.2, 0) is 10.0 Å². The number of benzene rings is 2. The number of phenolic OH excluding ortho intramolecular Hbond substituents is 1. The third-order valence-corrected chi connectivity index (χ3v) is 5.42. The zero-order chi connectivity index (χ0) is 18.2. The summed E-state index contributed by atoms with van der Waals surface area (Å²) in [5, 5.41) is 9.70. The predicted molar refractivity (Wildman–Crippen MR) is 94.3 cm³/mol. The van der Waals surface area contributed by atoms with Crippen molar-refractivity contribution in [3.05, 3.63) is 53.0 Å². The summed E-state index contributed by atoms with van der Waals surface area (Å²) in [6, 6.07) is 10.3. The molecule has 1 heterocycles. The molecule has 0 unspecified atom stereocenters. The fraction of sp³-hybridized carbons (Fsp3) is 0.235. The first-order chi connectivity index (χ1) is 11.8. The summed E-state index contributed by atoms with van der Waals surface area (Å²) in [5.74, 6) is -0.601. The number of H-pyrrole nitrogens is 1. The quantitative estimate of drug-likeness (QED) is 0.726. The average Bonchev–Trinajstić information content (AvgIpc) is 2.91. The number of phenols is 1. The monoisotopic (exact) mass is 362 g/mol. The highest BCUT2D eigenvalue weighted by Crippen LogP contribution is 2.28. The Morgan fingerprint density at radius 1 is 1.20 bits per heavy atom. The lowest BCUT2D eigenvalue weighted by molar-refractivity contribution is 0.475. The van der Waals surface area contributed by atoms with Crippen molar-refractivity contribution in [3.63, 3.8) is 0 Å². The topological polar surface area (TPSA) is 104 Å². The van der Waals surface area contributed by atoms with E-state index in [-0.39, 0.29) is 28.7 Å². The number of sulfonamides is 1. The van der Waals surface area contributed by atoms with E-state index in [4.69, 9.17) is 4.42 Å². The van der Waals surface area contributed by atoms with E-state index in [1.54, 1.807) is 12.1 Å². The van der Waals surface area contributed by atoms with Gasteiger partial charge in [0.1, 0.15) is 5.75 Å². The molecule has 0 aliphatic carbocycles. The van der Waals surface area contributed by atoms with Crippen molar-refractivity contribution in [1.29, 1.82) is 0 Å². The van der Waals surface area contributed by atoms with E-state index in [9.17, 15) is 18.3 Å². The number of fused-ring (bicyclic) bond motifs is 1. The van der Waals surface area contributed by atoms with Crippen LogP contribution in [0.15, 0.2) is 56.6 Å². The molecule has 1 aromatic heterocycles. The Kier molecular flexibility index (Phi) is 4.30. The molecule has 0 saturated heterocycles. The SMILES string of the molecule is CC(C)CN(c1cccc(O)c1)S(=O)(=O)c1ccc2[nH]c(=O)oc2c1. The second kappa shape index (κ2) is 6.29. The minimum atomic E-state index is -3.90. The number of aromatic hydroxyl groups is 1. The van der Waals surface area contributed by atoms with Gasteiger partial charge in [-0.2, -0.15) is 0 Å². The van der Waals surface area contributed by atoms with Crippen molar-refractivity contribution in [1.82, 2.24) is 4.98 Å². The van der Waals surface area contributed by atoms with Gasteiger partial charge in [-0.3, -0.25) is 9.29 Å². The molecule has 3 aromatic rings. The molecule has 0 fully saturated rings. The Morgan fingerprint density at radius 2 is 1.96 bits per heavy atom. The van der Waals surface area contributed by atoms with Crippen LogP contribution < -0.4 is 10.1 Å². The second-order valence-corrected chi connectivity index (χ2v) is 7.98. The van der Waals surface area contributed by atoms with Crippen LogP contribution in [0.1, 0.15) is 13.8 Å². The zero-order valence-electron chi connectivity index (χ0n) is 13.8. The number of nitrogens with one attached hydrogen (secondary N) is 1. The van der Waals surface area contributed by atoms with Crippen LogP contribution in [0.5, 0.6) is 5.75 Å². The molecular formula is C17H18N2O5S. The predicted octanol–water partition coefficient (Wildman–Crippen LogP) is 2.68. The smallest absolute Gasteiger partial charge is 0.417 e. The summed E-state index contributed by atoms with van der Waals surface area (Å²) in [6.45, 7) is 4.04. The molecule has 2 aromatic carbocycles. The van der Waals surface area contributed by atoms with Crippen LogP contribution in [-0.4, -0.2) is 25.1 Å². The van der Waals surface area contributed by atoms with Gasteiger partial charge < -0.3 is 9.52 Å². The fourth-order valence-electron chi connectivity index (χ4n) is 2.54. The molecule has 0 aliphatic rings. The van der Waals surface area contributed by atoms with Crippen LogP contribution in [0.3, 0.4) is 0 Å². The van der Waals surface area contributed by atoms with E-state index in [1.807, 2.05) is 13.8 Å². The van der Waals surface area contributed by atoms with Gasteiger partial charge in [-0.15, -0.1) is 0 Å². The number of hydrogen-bond acceptors (Lipinski definition) is 5. The van der Waals surface area contributed by atoms with E-state index in [0.717, 1.165) is 0 Å². The van der Waals surface area contributed by atoms with Crippen molar-refractivity contribution in [2.75, 3.05) is 10.8 Å². The number of aromatic amines is 1. The van der Waals surface area contributed by atoms with E-state index in [1.165, 1.54) is 34.6 Å². The molecule has 2 N–H and O–H groups in total. The molecule has 8 heteroatoms. The van der Waals surface area contributed by atoms with E-state index >= 15 is 0 Å². The normalized spacial score (nSPS) is 12.0. The number of hydrogen-bond donors (Lipinski definition) is 2. The van der Waals surface area contributed by atoms with Gasteiger partial charge >= 0.3 is 5.76 Å².